The number of anilines is 1. The minimum absolute atomic E-state index is 0.0182. The van der Waals surface area contributed by atoms with Gasteiger partial charge in [0.25, 0.3) is 0 Å². The first-order valence-corrected chi connectivity index (χ1v) is 6.97. The lowest BCUT2D eigenvalue weighted by Gasteiger charge is -2.49. The lowest BCUT2D eigenvalue weighted by molar-refractivity contribution is -0.119. The molecule has 0 saturated carbocycles. The molecule has 2 N–H and O–H groups in total. The molecule has 1 aliphatic heterocycles. The van der Waals surface area contributed by atoms with Gasteiger partial charge in [-0.15, -0.1) is 0 Å². The van der Waals surface area contributed by atoms with Crippen LogP contribution in [0.15, 0.2) is 18.3 Å². The minimum Gasteiger partial charge on any atom is -0.370 e. The number of hydrogen-bond acceptors (Lipinski definition) is 3. The number of nitrogens with one attached hydrogen (secondary N) is 2. The van der Waals surface area contributed by atoms with Gasteiger partial charge in [-0.1, -0.05) is 18.5 Å². The van der Waals surface area contributed by atoms with Crippen LogP contribution >= 0.6 is 11.6 Å². The molecule has 1 fully saturated rings. The topological polar surface area (TPSA) is 61.0 Å². The molecule has 0 atom stereocenters. The van der Waals surface area contributed by atoms with Gasteiger partial charge < -0.3 is 10.2 Å². The van der Waals surface area contributed by atoms with E-state index in [1.54, 1.807) is 6.92 Å². The standard InChI is InChI=1S/C14H17ClN4O/c1-9(20)16-6-14(2)7-19(8-14)13-4-10(15)3-12-11(13)5-17-18-12/h3-5H,6-8H2,1-2H3,(H,16,20)(H,17,18). The van der Waals surface area contributed by atoms with Gasteiger partial charge in [-0.25, -0.2) is 0 Å². The third-order valence-electron chi connectivity index (χ3n) is 3.75. The summed E-state index contributed by atoms with van der Waals surface area (Å²) in [5.41, 5.74) is 2.16. The first kappa shape index (κ1) is 13.2. The summed E-state index contributed by atoms with van der Waals surface area (Å²) in [4.78, 5) is 13.3. The maximum atomic E-state index is 11.0. The Labute approximate surface area is 122 Å². The van der Waals surface area contributed by atoms with E-state index in [4.69, 9.17) is 11.6 Å². The summed E-state index contributed by atoms with van der Waals surface area (Å²) in [6.07, 6.45) is 1.82. The molecular weight excluding hydrogens is 276 g/mol. The van der Waals surface area contributed by atoms with Crippen molar-refractivity contribution in [3.05, 3.63) is 23.4 Å². The van der Waals surface area contributed by atoms with Crippen molar-refractivity contribution in [1.82, 2.24) is 15.5 Å². The molecule has 0 bridgehead atoms. The molecule has 0 unspecified atom stereocenters. The summed E-state index contributed by atoms with van der Waals surface area (Å²) in [6, 6.07) is 3.85. The van der Waals surface area contributed by atoms with Crippen molar-refractivity contribution >= 4 is 34.1 Å². The molecule has 2 heterocycles. The van der Waals surface area contributed by atoms with Crippen molar-refractivity contribution in [1.29, 1.82) is 0 Å². The summed E-state index contributed by atoms with van der Waals surface area (Å²) in [6.45, 7) is 6.22. The number of carbonyl (C=O) groups is 1. The summed E-state index contributed by atoms with van der Waals surface area (Å²) >= 11 is 6.15. The van der Waals surface area contributed by atoms with Crippen LogP contribution in [0.2, 0.25) is 5.02 Å². The number of halogens is 1. The van der Waals surface area contributed by atoms with E-state index in [-0.39, 0.29) is 11.3 Å². The number of aromatic nitrogens is 2. The fourth-order valence-corrected chi connectivity index (χ4v) is 2.97. The van der Waals surface area contributed by atoms with Gasteiger partial charge in [0.2, 0.25) is 5.91 Å². The first-order valence-electron chi connectivity index (χ1n) is 6.59. The number of H-pyrrole nitrogens is 1. The second-order valence-electron chi connectivity index (χ2n) is 5.83. The van der Waals surface area contributed by atoms with E-state index < -0.39 is 0 Å². The molecule has 5 nitrogen and oxygen atoms in total. The van der Waals surface area contributed by atoms with Crippen LogP contribution in [0.3, 0.4) is 0 Å². The Balaban J connectivity index is 1.78. The Bertz CT molecular complexity index is 660. The van der Waals surface area contributed by atoms with Gasteiger partial charge in [-0.05, 0) is 12.1 Å². The van der Waals surface area contributed by atoms with Crippen molar-refractivity contribution in [3.8, 4) is 0 Å². The lowest BCUT2D eigenvalue weighted by Crippen LogP contribution is -2.59. The predicted molar refractivity (Wildman–Crippen MR) is 80.1 cm³/mol. The van der Waals surface area contributed by atoms with E-state index in [2.05, 4.69) is 27.3 Å². The quantitative estimate of drug-likeness (QED) is 0.911. The van der Waals surface area contributed by atoms with Gasteiger partial charge >= 0.3 is 0 Å². The highest BCUT2D eigenvalue weighted by Crippen LogP contribution is 2.38. The summed E-state index contributed by atoms with van der Waals surface area (Å²) in [5, 5.41) is 11.7. The fraction of sp³-hybridized carbons (Fsp3) is 0.429. The molecule has 0 aliphatic carbocycles. The largest absolute Gasteiger partial charge is 0.370 e. The molecule has 2 aromatic rings. The number of hydrogen-bond donors (Lipinski definition) is 2. The molecule has 3 rings (SSSR count). The molecule has 6 heteroatoms. The van der Waals surface area contributed by atoms with Gasteiger partial charge in [-0.3, -0.25) is 9.89 Å². The highest BCUT2D eigenvalue weighted by molar-refractivity contribution is 6.31. The second-order valence-corrected chi connectivity index (χ2v) is 6.27. The van der Waals surface area contributed by atoms with Gasteiger partial charge in [0, 0.05) is 48.1 Å². The molecule has 1 amide bonds. The fourth-order valence-electron chi connectivity index (χ4n) is 2.76. The maximum Gasteiger partial charge on any atom is 0.216 e. The Morgan fingerprint density at radius 1 is 1.55 bits per heavy atom. The third-order valence-corrected chi connectivity index (χ3v) is 3.97. The molecule has 0 radical (unpaired) electrons. The van der Waals surface area contributed by atoms with Crippen molar-refractivity contribution in [2.45, 2.75) is 13.8 Å². The van der Waals surface area contributed by atoms with Crippen LogP contribution in [-0.4, -0.2) is 35.7 Å². The average Bonchev–Trinajstić information content (AvgIpc) is 2.80. The van der Waals surface area contributed by atoms with Crippen LogP contribution in [0.4, 0.5) is 5.69 Å². The van der Waals surface area contributed by atoms with Gasteiger partial charge in [0.1, 0.15) is 0 Å². The van der Waals surface area contributed by atoms with Gasteiger partial charge in [-0.2, -0.15) is 5.10 Å². The second kappa shape index (κ2) is 4.66. The third kappa shape index (κ3) is 2.33. The van der Waals surface area contributed by atoms with Gasteiger partial charge in [0.15, 0.2) is 0 Å². The highest BCUT2D eigenvalue weighted by atomic mass is 35.5. The first-order chi connectivity index (χ1) is 9.47. The molecule has 1 aromatic carbocycles. The zero-order valence-electron chi connectivity index (χ0n) is 11.5. The Kier molecular flexibility index (Phi) is 3.09. The number of fused-ring (bicyclic) bond motifs is 1. The van der Waals surface area contributed by atoms with Crippen LogP contribution in [0, 0.1) is 5.41 Å². The number of carbonyl (C=O) groups excluding carboxylic acids is 1. The van der Waals surface area contributed by atoms with E-state index >= 15 is 0 Å². The molecule has 1 aliphatic rings. The van der Waals surface area contributed by atoms with E-state index in [9.17, 15) is 4.79 Å². The highest BCUT2D eigenvalue weighted by Gasteiger charge is 2.39. The molecule has 106 valence electrons. The summed E-state index contributed by atoms with van der Waals surface area (Å²) in [7, 11) is 0. The van der Waals surface area contributed by atoms with E-state index in [1.807, 2.05) is 18.3 Å². The number of amides is 1. The molecule has 1 saturated heterocycles. The van der Waals surface area contributed by atoms with E-state index in [0.717, 1.165) is 29.7 Å². The monoisotopic (exact) mass is 292 g/mol. The smallest absolute Gasteiger partial charge is 0.216 e. The molecule has 20 heavy (non-hydrogen) atoms. The summed E-state index contributed by atoms with van der Waals surface area (Å²) in [5.74, 6) is 0.0182. The molecular formula is C14H17ClN4O. The van der Waals surface area contributed by atoms with Crippen molar-refractivity contribution in [3.63, 3.8) is 0 Å². The number of aromatic amines is 1. The number of rotatable bonds is 3. The van der Waals surface area contributed by atoms with Crippen molar-refractivity contribution < 1.29 is 4.79 Å². The van der Waals surface area contributed by atoms with Crippen molar-refractivity contribution in [2.24, 2.45) is 5.41 Å². The zero-order chi connectivity index (χ0) is 14.3. The summed E-state index contributed by atoms with van der Waals surface area (Å²) < 4.78 is 0. The maximum absolute atomic E-state index is 11.0. The van der Waals surface area contributed by atoms with Crippen LogP contribution in [0.5, 0.6) is 0 Å². The predicted octanol–water partition coefficient (Wildman–Crippen LogP) is 2.18. The average molecular weight is 293 g/mol. The van der Waals surface area contributed by atoms with Crippen LogP contribution < -0.4 is 10.2 Å². The number of benzene rings is 1. The minimum atomic E-state index is 0.0182. The normalized spacial score (nSPS) is 17.1. The van der Waals surface area contributed by atoms with Crippen molar-refractivity contribution in [2.75, 3.05) is 24.5 Å². The van der Waals surface area contributed by atoms with E-state index in [1.165, 1.54) is 0 Å². The Morgan fingerprint density at radius 2 is 2.30 bits per heavy atom. The van der Waals surface area contributed by atoms with Gasteiger partial charge in [0.05, 0.1) is 11.7 Å². The van der Waals surface area contributed by atoms with Crippen LogP contribution in [0.25, 0.3) is 10.9 Å². The molecule has 0 spiro atoms. The van der Waals surface area contributed by atoms with Crippen LogP contribution in [-0.2, 0) is 4.79 Å². The molecule has 1 aromatic heterocycles. The SMILES string of the molecule is CC(=O)NCC1(C)CN(c2cc(Cl)cc3[nH]ncc23)C1. The van der Waals surface area contributed by atoms with E-state index in [0.29, 0.717) is 11.6 Å². The lowest BCUT2D eigenvalue weighted by atomic mass is 9.81. The number of nitrogens with zero attached hydrogens (tertiary/aromatic N) is 2. The Morgan fingerprint density at radius 3 is 3.00 bits per heavy atom. The Hall–Kier alpha value is -1.75. The van der Waals surface area contributed by atoms with Crippen LogP contribution in [0.1, 0.15) is 13.8 Å². The zero-order valence-corrected chi connectivity index (χ0v) is 12.3.